The molecule has 0 fully saturated rings. The van der Waals surface area contributed by atoms with E-state index in [1.54, 1.807) is 18.2 Å². The highest BCUT2D eigenvalue weighted by Crippen LogP contribution is 2.32. The number of aliphatic hydroxyl groups is 1. The highest BCUT2D eigenvalue weighted by atomic mass is 16.5. The molecule has 1 heterocycles. The third-order valence-corrected chi connectivity index (χ3v) is 3.01. The lowest BCUT2D eigenvalue weighted by atomic mass is 10.1. The Kier molecular flexibility index (Phi) is 4.34. The minimum atomic E-state index is -1.58. The Hall–Kier alpha value is -1.95. The van der Waals surface area contributed by atoms with Crippen molar-refractivity contribution in [1.82, 2.24) is 0 Å². The molecule has 1 atom stereocenters. The van der Waals surface area contributed by atoms with E-state index in [0.717, 1.165) is 12.1 Å². The topological polar surface area (TPSA) is 77.0 Å². The highest BCUT2D eigenvalue weighted by molar-refractivity contribution is 5.79. The summed E-state index contributed by atoms with van der Waals surface area (Å²) in [4.78, 5) is 11.4. The molecule has 110 valence electrons. The zero-order valence-electron chi connectivity index (χ0n) is 11.6. The van der Waals surface area contributed by atoms with Crippen molar-refractivity contribution in [2.75, 3.05) is 32.2 Å². The van der Waals surface area contributed by atoms with E-state index in [4.69, 9.17) is 9.47 Å². The predicted octanol–water partition coefficient (Wildman–Crippen LogP) is 1.18. The molecule has 0 amide bonds. The van der Waals surface area contributed by atoms with E-state index < -0.39 is 11.6 Å². The Morgan fingerprint density at radius 2 is 2.10 bits per heavy atom. The van der Waals surface area contributed by atoms with Gasteiger partial charge in [0.25, 0.3) is 0 Å². The normalized spacial score (nSPS) is 16.8. The molecule has 1 aromatic rings. The van der Waals surface area contributed by atoms with Gasteiger partial charge in [0.2, 0.25) is 0 Å². The lowest BCUT2D eigenvalue weighted by Crippen LogP contribution is -2.42. The first kappa shape index (κ1) is 14.5. The Balaban J connectivity index is 2.04. The first-order valence-corrected chi connectivity index (χ1v) is 6.47. The summed E-state index contributed by atoms with van der Waals surface area (Å²) in [6.07, 6.45) is 0.842. The van der Waals surface area contributed by atoms with Crippen LogP contribution in [0.25, 0.3) is 0 Å². The van der Waals surface area contributed by atoms with Crippen LogP contribution in [-0.4, -0.2) is 43.5 Å². The minimum Gasteiger partial charge on any atom is -0.490 e. The van der Waals surface area contributed by atoms with Crippen molar-refractivity contribution < 1.29 is 24.1 Å². The first-order chi connectivity index (χ1) is 9.53. The van der Waals surface area contributed by atoms with Gasteiger partial charge in [-0.15, -0.1) is 0 Å². The van der Waals surface area contributed by atoms with Gasteiger partial charge in [0.15, 0.2) is 17.1 Å². The third kappa shape index (κ3) is 3.33. The zero-order chi connectivity index (χ0) is 14.6. The summed E-state index contributed by atoms with van der Waals surface area (Å²) < 4.78 is 15.6. The molecule has 20 heavy (non-hydrogen) atoms. The molecule has 0 aromatic heterocycles. The molecular weight excluding hydrogens is 262 g/mol. The monoisotopic (exact) mass is 281 g/mol. The number of fused-ring (bicyclic) bond motifs is 1. The summed E-state index contributed by atoms with van der Waals surface area (Å²) in [5.41, 5.74) is -0.850. The molecule has 1 aliphatic heterocycles. The lowest BCUT2D eigenvalue weighted by molar-refractivity contribution is -0.158. The first-order valence-electron chi connectivity index (χ1n) is 6.47. The second-order valence-corrected chi connectivity index (χ2v) is 4.83. The number of esters is 1. The molecule has 0 spiro atoms. The Morgan fingerprint density at radius 3 is 2.80 bits per heavy atom. The number of benzene rings is 1. The summed E-state index contributed by atoms with van der Waals surface area (Å²) in [6, 6.07) is 5.39. The largest absolute Gasteiger partial charge is 0.490 e. The number of anilines is 1. The van der Waals surface area contributed by atoms with E-state index in [1.165, 1.54) is 14.0 Å². The van der Waals surface area contributed by atoms with Crippen molar-refractivity contribution in [2.45, 2.75) is 18.9 Å². The fourth-order valence-corrected chi connectivity index (χ4v) is 1.84. The number of nitrogens with one attached hydrogen (secondary N) is 1. The number of methoxy groups -OCH3 is 1. The summed E-state index contributed by atoms with van der Waals surface area (Å²) in [6.45, 7) is 2.68. The van der Waals surface area contributed by atoms with Gasteiger partial charge in [-0.1, -0.05) is 0 Å². The van der Waals surface area contributed by atoms with Gasteiger partial charge in [0, 0.05) is 18.2 Å². The van der Waals surface area contributed by atoms with Gasteiger partial charge in [-0.05, 0) is 19.1 Å². The van der Waals surface area contributed by atoms with Gasteiger partial charge in [-0.3, -0.25) is 0 Å². The van der Waals surface area contributed by atoms with Crippen molar-refractivity contribution in [1.29, 1.82) is 0 Å². The maximum Gasteiger partial charge on any atom is 0.339 e. The van der Waals surface area contributed by atoms with E-state index >= 15 is 0 Å². The predicted molar refractivity (Wildman–Crippen MR) is 73.2 cm³/mol. The highest BCUT2D eigenvalue weighted by Gasteiger charge is 2.31. The van der Waals surface area contributed by atoms with Gasteiger partial charge in [-0.25, -0.2) is 4.79 Å². The number of carbonyl (C=O) groups excluding carboxylic acids is 1. The van der Waals surface area contributed by atoms with E-state index in [2.05, 4.69) is 10.1 Å². The maximum absolute atomic E-state index is 11.4. The minimum absolute atomic E-state index is 0.0410. The van der Waals surface area contributed by atoms with Crippen LogP contribution in [0.5, 0.6) is 11.5 Å². The molecule has 0 saturated carbocycles. The maximum atomic E-state index is 11.4. The quantitative estimate of drug-likeness (QED) is 0.807. The van der Waals surface area contributed by atoms with Gasteiger partial charge in [0.05, 0.1) is 26.9 Å². The van der Waals surface area contributed by atoms with E-state index in [-0.39, 0.29) is 6.54 Å². The van der Waals surface area contributed by atoms with Crippen molar-refractivity contribution in [3.05, 3.63) is 18.2 Å². The van der Waals surface area contributed by atoms with E-state index in [9.17, 15) is 9.90 Å². The Morgan fingerprint density at radius 1 is 1.40 bits per heavy atom. The van der Waals surface area contributed by atoms with Crippen LogP contribution in [0.2, 0.25) is 0 Å². The molecule has 6 nitrogen and oxygen atoms in total. The van der Waals surface area contributed by atoms with Crippen LogP contribution < -0.4 is 14.8 Å². The number of hydrogen-bond donors (Lipinski definition) is 2. The second kappa shape index (κ2) is 6.00. The van der Waals surface area contributed by atoms with Crippen molar-refractivity contribution >= 4 is 11.7 Å². The fourth-order valence-electron chi connectivity index (χ4n) is 1.84. The SMILES string of the molecule is COC(=O)C(C)(O)CNc1ccc2c(c1)OCCCO2. The van der Waals surface area contributed by atoms with Crippen molar-refractivity contribution in [3.8, 4) is 11.5 Å². The summed E-state index contributed by atoms with van der Waals surface area (Å²) in [7, 11) is 1.24. The third-order valence-electron chi connectivity index (χ3n) is 3.01. The van der Waals surface area contributed by atoms with Crippen LogP contribution in [0, 0.1) is 0 Å². The molecule has 0 saturated heterocycles. The van der Waals surface area contributed by atoms with Crippen LogP contribution in [0.3, 0.4) is 0 Å². The van der Waals surface area contributed by atoms with Gasteiger partial charge in [-0.2, -0.15) is 0 Å². The van der Waals surface area contributed by atoms with Crippen LogP contribution in [0.15, 0.2) is 18.2 Å². The van der Waals surface area contributed by atoms with Gasteiger partial charge < -0.3 is 24.6 Å². The van der Waals surface area contributed by atoms with Gasteiger partial charge in [0.1, 0.15) is 0 Å². The van der Waals surface area contributed by atoms with Crippen LogP contribution in [-0.2, 0) is 9.53 Å². The zero-order valence-corrected chi connectivity index (χ0v) is 11.6. The molecule has 1 unspecified atom stereocenters. The average Bonchev–Trinajstić information content (AvgIpc) is 2.68. The van der Waals surface area contributed by atoms with Crippen molar-refractivity contribution in [2.24, 2.45) is 0 Å². The Labute approximate surface area is 117 Å². The molecule has 2 rings (SSSR count). The van der Waals surface area contributed by atoms with Crippen LogP contribution >= 0.6 is 0 Å². The van der Waals surface area contributed by atoms with Crippen LogP contribution in [0.4, 0.5) is 5.69 Å². The summed E-state index contributed by atoms with van der Waals surface area (Å²) in [5, 5.41) is 12.9. The molecule has 1 aromatic carbocycles. The molecule has 0 radical (unpaired) electrons. The number of rotatable bonds is 4. The van der Waals surface area contributed by atoms with Crippen LogP contribution in [0.1, 0.15) is 13.3 Å². The van der Waals surface area contributed by atoms with E-state index in [1.807, 2.05) is 0 Å². The molecule has 6 heteroatoms. The standard InChI is InChI=1S/C14H19NO5/c1-14(17,13(16)18-2)9-15-10-4-5-11-12(8-10)20-7-3-6-19-11/h4-5,8,15,17H,3,6-7,9H2,1-2H3. The molecular formula is C14H19NO5. The van der Waals surface area contributed by atoms with E-state index in [0.29, 0.717) is 24.7 Å². The van der Waals surface area contributed by atoms with Gasteiger partial charge >= 0.3 is 5.97 Å². The lowest BCUT2D eigenvalue weighted by Gasteiger charge is -2.21. The smallest absolute Gasteiger partial charge is 0.339 e. The summed E-state index contributed by atoms with van der Waals surface area (Å²) in [5.74, 6) is 0.678. The summed E-state index contributed by atoms with van der Waals surface area (Å²) >= 11 is 0. The molecule has 1 aliphatic rings. The number of carbonyl (C=O) groups is 1. The molecule has 0 aliphatic carbocycles. The molecule has 0 bridgehead atoms. The Bertz CT molecular complexity index is 486. The molecule has 2 N–H and O–H groups in total. The second-order valence-electron chi connectivity index (χ2n) is 4.83. The fraction of sp³-hybridized carbons (Fsp3) is 0.500. The average molecular weight is 281 g/mol. The number of hydrogen-bond acceptors (Lipinski definition) is 6. The number of ether oxygens (including phenoxy) is 3. The van der Waals surface area contributed by atoms with Crippen molar-refractivity contribution in [3.63, 3.8) is 0 Å².